The first-order valence-electron chi connectivity index (χ1n) is 8.92. The van der Waals surface area contributed by atoms with Crippen molar-refractivity contribution in [3.05, 3.63) is 46.1 Å². The van der Waals surface area contributed by atoms with Crippen LogP contribution in [0, 0.1) is 6.92 Å². The molecule has 8 nitrogen and oxygen atoms in total. The first-order valence-corrected chi connectivity index (χ1v) is 8.92. The van der Waals surface area contributed by atoms with Crippen molar-refractivity contribution in [2.75, 3.05) is 19.2 Å². The normalized spacial score (nSPS) is 18.1. The zero-order valence-corrected chi connectivity index (χ0v) is 17.0. The van der Waals surface area contributed by atoms with Gasteiger partial charge in [-0.05, 0) is 58.5 Å². The highest BCUT2D eigenvalue weighted by Crippen LogP contribution is 2.36. The molecule has 1 aliphatic rings. The molecule has 27 heavy (non-hydrogen) atoms. The van der Waals surface area contributed by atoms with Gasteiger partial charge in [-0.1, -0.05) is 0 Å². The number of methoxy groups -OCH3 is 1. The quantitative estimate of drug-likeness (QED) is 0.744. The summed E-state index contributed by atoms with van der Waals surface area (Å²) in [6.07, 6.45) is 3.38. The summed E-state index contributed by atoms with van der Waals surface area (Å²) in [4.78, 5) is 14.9. The molecule has 0 N–H and O–H groups in total. The number of nitrogens with zero attached hydrogens (tertiary/aromatic N) is 4. The molecule has 1 fully saturated rings. The predicted molar refractivity (Wildman–Crippen MR) is 104 cm³/mol. The second kappa shape index (κ2) is 6.81. The van der Waals surface area contributed by atoms with Gasteiger partial charge in [0.2, 0.25) is 0 Å². The minimum atomic E-state index is -0.786. The van der Waals surface area contributed by atoms with E-state index < -0.39 is 18.5 Å². The molecule has 1 saturated heterocycles. The van der Waals surface area contributed by atoms with Gasteiger partial charge in [0.1, 0.15) is 5.69 Å². The lowest BCUT2D eigenvalue weighted by Gasteiger charge is -2.32. The summed E-state index contributed by atoms with van der Waals surface area (Å²) in [5, 5.41) is 6.03. The molecule has 1 aliphatic heterocycles. The lowest BCUT2D eigenvalue weighted by molar-refractivity contribution is 0.00578. The highest BCUT2D eigenvalue weighted by molar-refractivity contribution is 6.43. The zero-order chi connectivity index (χ0) is 20.0. The van der Waals surface area contributed by atoms with Crippen molar-refractivity contribution in [2.45, 2.75) is 52.4 Å². The van der Waals surface area contributed by atoms with Gasteiger partial charge in [0.25, 0.3) is 5.56 Å². The van der Waals surface area contributed by atoms with Gasteiger partial charge in [-0.2, -0.15) is 9.89 Å². The molecule has 0 amide bonds. The van der Waals surface area contributed by atoms with Gasteiger partial charge in [-0.25, -0.2) is 0 Å². The van der Waals surface area contributed by atoms with E-state index in [9.17, 15) is 4.79 Å². The molecule has 0 radical (unpaired) electrons. The van der Waals surface area contributed by atoms with Crippen molar-refractivity contribution < 1.29 is 14.0 Å². The Bertz CT molecular complexity index is 874. The van der Waals surface area contributed by atoms with Gasteiger partial charge in [0, 0.05) is 14.2 Å². The predicted octanol–water partition coefficient (Wildman–Crippen LogP) is 1.84. The van der Waals surface area contributed by atoms with Crippen molar-refractivity contribution in [1.29, 1.82) is 0 Å². The van der Waals surface area contributed by atoms with E-state index in [0.717, 1.165) is 11.3 Å². The molecular formula is C18H27BN4O4. The van der Waals surface area contributed by atoms with E-state index in [2.05, 4.69) is 5.10 Å². The van der Waals surface area contributed by atoms with Gasteiger partial charge in [0.05, 0.1) is 29.7 Å². The first kappa shape index (κ1) is 19.7. The lowest BCUT2D eigenvalue weighted by atomic mass is 9.90. The zero-order valence-electron chi connectivity index (χ0n) is 17.0. The molecule has 3 rings (SSSR count). The number of ether oxygens (including phenoxy) is 1. The molecule has 3 heterocycles. The first-order chi connectivity index (χ1) is 12.6. The number of hydrogen-bond acceptors (Lipinski definition) is 6. The maximum atomic E-state index is 13.3. The van der Waals surface area contributed by atoms with Gasteiger partial charge in [-0.3, -0.25) is 9.80 Å². The van der Waals surface area contributed by atoms with E-state index >= 15 is 0 Å². The van der Waals surface area contributed by atoms with Crippen LogP contribution < -0.4 is 10.6 Å². The van der Waals surface area contributed by atoms with E-state index in [-0.39, 0.29) is 5.56 Å². The lowest BCUT2D eigenvalue weighted by Crippen LogP contribution is -2.42. The Labute approximate surface area is 159 Å². The van der Waals surface area contributed by atoms with E-state index in [1.165, 1.54) is 4.48 Å². The molecular weight excluding hydrogens is 347 g/mol. The third kappa shape index (κ3) is 3.31. The van der Waals surface area contributed by atoms with Crippen LogP contribution in [0.25, 0.3) is 0 Å². The number of hydrogen-bond donors (Lipinski definition) is 0. The molecule has 0 aliphatic carbocycles. The van der Waals surface area contributed by atoms with Gasteiger partial charge >= 0.3 is 7.25 Å². The standard InChI is InChI=1S/C18H27BN4O4/c1-13-9-11-22(19-26-17(2,3)18(4,5)27-19)16(24)15(13)21(6)23-14(12-25-7)8-10-20-23/h8-11H,12H2,1-7H3. The summed E-state index contributed by atoms with van der Waals surface area (Å²) in [5.41, 5.74) is 0.894. The molecule has 146 valence electrons. The molecule has 2 aromatic rings. The van der Waals surface area contributed by atoms with Crippen LogP contribution in [0.1, 0.15) is 39.0 Å². The second-order valence-corrected chi connectivity index (χ2v) is 7.79. The van der Waals surface area contributed by atoms with Crippen LogP contribution in [0.3, 0.4) is 0 Å². The molecule has 2 aromatic heterocycles. The van der Waals surface area contributed by atoms with E-state index in [4.69, 9.17) is 14.0 Å². The fourth-order valence-electron chi connectivity index (χ4n) is 3.06. The fourth-order valence-corrected chi connectivity index (χ4v) is 3.06. The summed E-state index contributed by atoms with van der Waals surface area (Å²) in [6, 6.07) is 3.73. The molecule has 9 heteroatoms. The summed E-state index contributed by atoms with van der Waals surface area (Å²) in [6.45, 7) is 10.1. The van der Waals surface area contributed by atoms with E-state index in [0.29, 0.717) is 12.3 Å². The van der Waals surface area contributed by atoms with Gasteiger partial charge < -0.3 is 18.5 Å². The third-order valence-corrected chi connectivity index (χ3v) is 5.36. The Morgan fingerprint density at radius 3 is 2.44 bits per heavy atom. The Morgan fingerprint density at radius 2 is 1.85 bits per heavy atom. The van der Waals surface area contributed by atoms with E-state index in [1.54, 1.807) is 36.4 Å². The molecule has 0 bridgehead atoms. The molecule has 0 saturated carbocycles. The van der Waals surface area contributed by atoms with Crippen LogP contribution in [0.15, 0.2) is 29.3 Å². The average Bonchev–Trinajstić information content (AvgIpc) is 3.10. The molecule has 0 spiro atoms. The van der Waals surface area contributed by atoms with Crippen molar-refractivity contribution in [3.63, 3.8) is 0 Å². The SMILES string of the molecule is COCc1ccnn1N(C)c1c(C)ccn(B2OC(C)(C)C(C)(C)O2)c1=O. The average molecular weight is 374 g/mol. The maximum Gasteiger partial charge on any atom is 0.601 e. The minimum Gasteiger partial charge on any atom is -0.384 e. The van der Waals surface area contributed by atoms with Crippen LogP contribution >= 0.6 is 0 Å². The number of rotatable bonds is 5. The van der Waals surface area contributed by atoms with Crippen molar-refractivity contribution in [2.24, 2.45) is 0 Å². The molecule has 0 unspecified atom stereocenters. The molecule has 0 aromatic carbocycles. The summed E-state index contributed by atoms with van der Waals surface area (Å²) in [7, 11) is 2.63. The molecule has 0 atom stereocenters. The monoisotopic (exact) mass is 374 g/mol. The second-order valence-electron chi connectivity index (χ2n) is 7.79. The Morgan fingerprint density at radius 1 is 1.22 bits per heavy atom. The Kier molecular flexibility index (Phi) is 4.96. The number of pyridine rings is 1. The number of aromatic nitrogens is 3. The minimum absolute atomic E-state index is 0.213. The van der Waals surface area contributed by atoms with Crippen molar-refractivity contribution in [3.8, 4) is 0 Å². The van der Waals surface area contributed by atoms with Crippen molar-refractivity contribution >= 4 is 12.9 Å². The highest BCUT2D eigenvalue weighted by Gasteiger charge is 2.53. The van der Waals surface area contributed by atoms with Crippen LogP contribution in [0.5, 0.6) is 0 Å². The summed E-state index contributed by atoms with van der Waals surface area (Å²) >= 11 is 0. The number of aryl methyl sites for hydroxylation is 1. The van der Waals surface area contributed by atoms with Gasteiger partial charge in [-0.15, -0.1) is 0 Å². The smallest absolute Gasteiger partial charge is 0.384 e. The van der Waals surface area contributed by atoms with Gasteiger partial charge in [0.15, 0.2) is 0 Å². The van der Waals surface area contributed by atoms with Crippen molar-refractivity contribution in [1.82, 2.24) is 14.4 Å². The number of anilines is 1. The van der Waals surface area contributed by atoms with Crippen LogP contribution in [-0.4, -0.2) is 47.0 Å². The highest BCUT2D eigenvalue weighted by atomic mass is 16.7. The Hall–Kier alpha value is -2.10. The summed E-state index contributed by atoms with van der Waals surface area (Å²) in [5.74, 6) is 0. The summed E-state index contributed by atoms with van der Waals surface area (Å²) < 4.78 is 18.8. The third-order valence-electron chi connectivity index (χ3n) is 5.36. The largest absolute Gasteiger partial charge is 0.601 e. The van der Waals surface area contributed by atoms with Crippen LogP contribution in [-0.2, 0) is 20.7 Å². The fraction of sp³-hybridized carbons (Fsp3) is 0.556. The topological polar surface area (TPSA) is 70.8 Å². The Balaban J connectivity index is 2.02. The maximum absolute atomic E-state index is 13.3. The van der Waals surface area contributed by atoms with E-state index in [1.807, 2.05) is 46.8 Å². The van der Waals surface area contributed by atoms with Crippen LogP contribution in [0.4, 0.5) is 5.69 Å². The van der Waals surface area contributed by atoms with Crippen LogP contribution in [0.2, 0.25) is 0 Å².